The molecule has 0 bridgehead atoms. The normalized spacial score (nSPS) is 10.7. The molecule has 2 aromatic carbocycles. The van der Waals surface area contributed by atoms with Gasteiger partial charge in [0.05, 0.1) is 18.7 Å². The first kappa shape index (κ1) is 21.8. The number of methoxy groups -OCH3 is 1. The fourth-order valence-electron chi connectivity index (χ4n) is 2.57. The predicted molar refractivity (Wildman–Crippen MR) is 103 cm³/mol. The van der Waals surface area contributed by atoms with Crippen molar-refractivity contribution < 1.29 is 27.8 Å². The number of carbonyl (C=O) groups is 1. The first-order valence-corrected chi connectivity index (χ1v) is 9.03. The van der Waals surface area contributed by atoms with Gasteiger partial charge in [-0.25, -0.2) is 0 Å². The van der Waals surface area contributed by atoms with Crippen LogP contribution in [-0.2, 0) is 6.54 Å². The van der Waals surface area contributed by atoms with Gasteiger partial charge in [-0.2, -0.15) is 8.78 Å². The fraction of sp³-hybridized carbons (Fsp3) is 0.350. The Balaban J connectivity index is 2.17. The molecule has 0 saturated carbocycles. The summed E-state index contributed by atoms with van der Waals surface area (Å²) in [6, 6.07) is 9.28. The Hall–Kier alpha value is -2.54. The maximum Gasteiger partial charge on any atom is 0.387 e. The van der Waals surface area contributed by atoms with Crippen molar-refractivity contribution in [1.29, 1.82) is 0 Å². The van der Waals surface area contributed by atoms with Gasteiger partial charge in [0.2, 0.25) is 0 Å². The molecule has 0 unspecified atom stereocenters. The number of benzene rings is 2. The summed E-state index contributed by atoms with van der Waals surface area (Å²) < 4.78 is 40.0. The highest BCUT2D eigenvalue weighted by Gasteiger charge is 2.19. The molecule has 0 aromatic heterocycles. The van der Waals surface area contributed by atoms with Crippen LogP contribution in [0.5, 0.6) is 17.2 Å². The molecule has 0 saturated heterocycles. The fourth-order valence-corrected chi connectivity index (χ4v) is 2.84. The van der Waals surface area contributed by atoms with E-state index in [1.807, 2.05) is 6.92 Å². The average molecular weight is 414 g/mol. The van der Waals surface area contributed by atoms with E-state index in [4.69, 9.17) is 21.1 Å². The van der Waals surface area contributed by atoms with Gasteiger partial charge in [-0.3, -0.25) is 4.79 Å². The summed E-state index contributed by atoms with van der Waals surface area (Å²) in [5, 5.41) is 0.275. The standard InChI is InChI=1S/C20H22ClF2NO4/c1-4-8-27-18-16(21)10-14(11-17(18)26-3)19(25)24(2)12-13-6-5-7-15(9-13)28-20(22)23/h5-7,9-11,20H,4,8,12H2,1-3H3. The second kappa shape index (κ2) is 10.1. The van der Waals surface area contributed by atoms with E-state index in [1.165, 1.54) is 30.2 Å². The number of alkyl halides is 2. The van der Waals surface area contributed by atoms with Crippen molar-refractivity contribution in [3.8, 4) is 17.2 Å². The second-order valence-electron chi connectivity index (χ2n) is 6.03. The molecule has 2 rings (SSSR count). The molecule has 28 heavy (non-hydrogen) atoms. The van der Waals surface area contributed by atoms with Crippen LogP contribution >= 0.6 is 11.6 Å². The number of hydrogen-bond acceptors (Lipinski definition) is 4. The number of amides is 1. The van der Waals surface area contributed by atoms with Crippen molar-refractivity contribution in [1.82, 2.24) is 4.90 Å². The van der Waals surface area contributed by atoms with Crippen molar-refractivity contribution in [3.05, 3.63) is 52.5 Å². The zero-order valence-electron chi connectivity index (χ0n) is 15.9. The lowest BCUT2D eigenvalue weighted by Crippen LogP contribution is -2.26. The average Bonchev–Trinajstić information content (AvgIpc) is 2.65. The number of ether oxygens (including phenoxy) is 3. The number of nitrogens with zero attached hydrogens (tertiary/aromatic N) is 1. The monoisotopic (exact) mass is 413 g/mol. The quantitative estimate of drug-likeness (QED) is 0.579. The smallest absolute Gasteiger partial charge is 0.387 e. The van der Waals surface area contributed by atoms with E-state index >= 15 is 0 Å². The van der Waals surface area contributed by atoms with E-state index < -0.39 is 6.61 Å². The summed E-state index contributed by atoms with van der Waals surface area (Å²) in [6.07, 6.45) is 0.803. The lowest BCUT2D eigenvalue weighted by Gasteiger charge is -2.19. The van der Waals surface area contributed by atoms with Gasteiger partial charge in [0.15, 0.2) is 11.5 Å². The Labute approximate surface area is 167 Å². The number of carbonyl (C=O) groups excluding carboxylic acids is 1. The van der Waals surface area contributed by atoms with E-state index in [9.17, 15) is 13.6 Å². The molecule has 5 nitrogen and oxygen atoms in total. The Morgan fingerprint density at radius 1 is 1.25 bits per heavy atom. The Morgan fingerprint density at radius 3 is 2.64 bits per heavy atom. The van der Waals surface area contributed by atoms with Crippen molar-refractivity contribution in [2.75, 3.05) is 20.8 Å². The molecule has 0 spiro atoms. The molecular formula is C20H22ClF2NO4. The molecule has 0 aliphatic heterocycles. The zero-order valence-corrected chi connectivity index (χ0v) is 16.6. The number of rotatable bonds is 9. The molecular weight excluding hydrogens is 392 g/mol. The summed E-state index contributed by atoms with van der Waals surface area (Å²) in [5.41, 5.74) is 0.975. The van der Waals surface area contributed by atoms with Crippen LogP contribution < -0.4 is 14.2 Å². The lowest BCUT2D eigenvalue weighted by atomic mass is 10.1. The third kappa shape index (κ3) is 5.73. The first-order valence-electron chi connectivity index (χ1n) is 8.65. The first-order chi connectivity index (χ1) is 13.3. The van der Waals surface area contributed by atoms with Crippen LogP contribution in [0, 0.1) is 0 Å². The highest BCUT2D eigenvalue weighted by Crippen LogP contribution is 2.37. The Bertz CT molecular complexity index is 817. The van der Waals surface area contributed by atoms with Crippen LogP contribution in [0.25, 0.3) is 0 Å². The largest absolute Gasteiger partial charge is 0.493 e. The van der Waals surface area contributed by atoms with E-state index in [0.29, 0.717) is 29.2 Å². The molecule has 0 radical (unpaired) electrons. The SMILES string of the molecule is CCCOc1c(Cl)cc(C(=O)N(C)Cc2cccc(OC(F)F)c2)cc1OC. The third-order valence-electron chi connectivity index (χ3n) is 3.82. The summed E-state index contributed by atoms with van der Waals surface area (Å²) in [7, 11) is 3.07. The minimum atomic E-state index is -2.90. The van der Waals surface area contributed by atoms with Gasteiger partial charge in [-0.15, -0.1) is 0 Å². The number of halogens is 3. The maximum absolute atomic E-state index is 12.8. The molecule has 2 aromatic rings. The van der Waals surface area contributed by atoms with Gasteiger partial charge in [-0.05, 0) is 36.2 Å². The molecule has 8 heteroatoms. The highest BCUT2D eigenvalue weighted by molar-refractivity contribution is 6.32. The number of hydrogen-bond donors (Lipinski definition) is 0. The minimum absolute atomic E-state index is 0.0375. The van der Waals surface area contributed by atoms with Gasteiger partial charge in [-0.1, -0.05) is 30.7 Å². The van der Waals surface area contributed by atoms with Crippen molar-refractivity contribution >= 4 is 17.5 Å². The topological polar surface area (TPSA) is 48.0 Å². The van der Waals surface area contributed by atoms with Gasteiger partial charge >= 0.3 is 6.61 Å². The molecule has 0 aliphatic rings. The van der Waals surface area contributed by atoms with Gasteiger partial charge < -0.3 is 19.1 Å². The van der Waals surface area contributed by atoms with E-state index in [2.05, 4.69) is 4.74 Å². The second-order valence-corrected chi connectivity index (χ2v) is 6.43. The van der Waals surface area contributed by atoms with Gasteiger partial charge in [0, 0.05) is 19.2 Å². The summed E-state index contributed by atoms with van der Waals surface area (Å²) in [5.74, 6) is 0.491. The van der Waals surface area contributed by atoms with Gasteiger partial charge in [0.25, 0.3) is 5.91 Å². The Kier molecular flexibility index (Phi) is 7.87. The molecule has 0 aliphatic carbocycles. The third-order valence-corrected chi connectivity index (χ3v) is 4.10. The summed E-state index contributed by atoms with van der Waals surface area (Å²) in [4.78, 5) is 14.2. The van der Waals surface area contributed by atoms with Crippen LogP contribution in [-0.4, -0.2) is 38.2 Å². The molecule has 0 heterocycles. The zero-order chi connectivity index (χ0) is 20.7. The highest BCUT2D eigenvalue weighted by atomic mass is 35.5. The Morgan fingerprint density at radius 2 is 2.00 bits per heavy atom. The van der Waals surface area contributed by atoms with E-state index in [1.54, 1.807) is 25.2 Å². The van der Waals surface area contributed by atoms with E-state index in [0.717, 1.165) is 6.42 Å². The summed E-state index contributed by atoms with van der Waals surface area (Å²) >= 11 is 6.26. The molecule has 0 atom stereocenters. The van der Waals surface area contributed by atoms with Crippen molar-refractivity contribution in [2.45, 2.75) is 26.5 Å². The molecule has 1 amide bonds. The molecule has 0 N–H and O–H groups in total. The predicted octanol–water partition coefficient (Wildman–Crippen LogP) is 5.01. The van der Waals surface area contributed by atoms with Crippen molar-refractivity contribution in [3.63, 3.8) is 0 Å². The van der Waals surface area contributed by atoms with Crippen LogP contribution in [0.4, 0.5) is 8.78 Å². The van der Waals surface area contributed by atoms with Crippen LogP contribution in [0.3, 0.4) is 0 Å². The van der Waals surface area contributed by atoms with E-state index in [-0.39, 0.29) is 23.2 Å². The van der Waals surface area contributed by atoms with Crippen molar-refractivity contribution in [2.24, 2.45) is 0 Å². The molecule has 0 fully saturated rings. The van der Waals surface area contributed by atoms with Crippen LogP contribution in [0.2, 0.25) is 5.02 Å². The maximum atomic E-state index is 12.8. The van der Waals surface area contributed by atoms with Gasteiger partial charge in [0.1, 0.15) is 5.75 Å². The lowest BCUT2D eigenvalue weighted by molar-refractivity contribution is -0.0499. The van der Waals surface area contributed by atoms with Crippen LogP contribution in [0.1, 0.15) is 29.3 Å². The minimum Gasteiger partial charge on any atom is -0.493 e. The molecule has 152 valence electrons. The summed E-state index contributed by atoms with van der Waals surface area (Å²) in [6.45, 7) is -0.264. The van der Waals surface area contributed by atoms with Crippen LogP contribution in [0.15, 0.2) is 36.4 Å².